The van der Waals surface area contributed by atoms with Crippen LogP contribution in [0.15, 0.2) is 18.2 Å². The maximum Gasteiger partial charge on any atom is 0.126 e. The minimum Gasteiger partial charge on any atom is -0.508 e. The molecule has 0 aromatic heterocycles. The van der Waals surface area contributed by atoms with Crippen molar-refractivity contribution >= 4 is 0 Å². The number of hydrogen-bond donors (Lipinski definition) is 2. The number of rotatable bonds is 2. The van der Waals surface area contributed by atoms with Gasteiger partial charge in [-0.05, 0) is 50.9 Å². The molecule has 2 rings (SSSR count). The zero-order valence-corrected chi connectivity index (χ0v) is 9.76. The Kier molecular flexibility index (Phi) is 2.89. The molecular formula is C13H18FNO. The zero-order chi connectivity index (χ0) is 11.8. The lowest BCUT2D eigenvalue weighted by Gasteiger charge is -2.26. The van der Waals surface area contributed by atoms with E-state index in [0.717, 1.165) is 24.9 Å². The van der Waals surface area contributed by atoms with E-state index < -0.39 is 6.17 Å². The molecule has 0 aliphatic carbocycles. The molecule has 2 N–H and O–H groups in total. The molecule has 1 saturated heterocycles. The third-order valence-electron chi connectivity index (χ3n) is 3.46. The van der Waals surface area contributed by atoms with Crippen LogP contribution in [-0.2, 0) is 5.54 Å². The molecule has 2 atom stereocenters. The van der Waals surface area contributed by atoms with Crippen molar-refractivity contribution in [3.8, 4) is 5.75 Å². The van der Waals surface area contributed by atoms with E-state index in [0.29, 0.717) is 5.56 Å². The van der Waals surface area contributed by atoms with Gasteiger partial charge in [0.2, 0.25) is 0 Å². The summed E-state index contributed by atoms with van der Waals surface area (Å²) in [5, 5.41) is 13.0. The SMILES string of the molecule is CC(F)c1cc(C2(C)CCCN2)ccc1O. The van der Waals surface area contributed by atoms with Crippen molar-refractivity contribution in [2.75, 3.05) is 6.54 Å². The van der Waals surface area contributed by atoms with Crippen molar-refractivity contribution in [3.05, 3.63) is 29.3 Å². The molecule has 0 spiro atoms. The van der Waals surface area contributed by atoms with Crippen LogP contribution in [0.1, 0.15) is 44.0 Å². The van der Waals surface area contributed by atoms with E-state index in [1.807, 2.05) is 6.07 Å². The molecule has 1 aromatic carbocycles. The summed E-state index contributed by atoms with van der Waals surface area (Å²) in [5.41, 5.74) is 1.37. The Hall–Kier alpha value is -1.09. The number of halogens is 1. The molecule has 16 heavy (non-hydrogen) atoms. The van der Waals surface area contributed by atoms with Crippen molar-refractivity contribution < 1.29 is 9.50 Å². The standard InChI is InChI=1S/C13H18FNO/c1-9(14)11-8-10(4-5-12(11)16)13(2)6-3-7-15-13/h4-5,8-9,15-16H,3,6-7H2,1-2H3. The van der Waals surface area contributed by atoms with Crippen LogP contribution < -0.4 is 5.32 Å². The van der Waals surface area contributed by atoms with Crippen molar-refractivity contribution in [2.24, 2.45) is 0 Å². The molecule has 1 aliphatic rings. The smallest absolute Gasteiger partial charge is 0.126 e. The second kappa shape index (κ2) is 4.06. The predicted octanol–water partition coefficient (Wildman–Crippen LogP) is 3.02. The van der Waals surface area contributed by atoms with Gasteiger partial charge in [-0.3, -0.25) is 0 Å². The van der Waals surface area contributed by atoms with Gasteiger partial charge < -0.3 is 10.4 Å². The monoisotopic (exact) mass is 223 g/mol. The van der Waals surface area contributed by atoms with Gasteiger partial charge in [0.25, 0.3) is 0 Å². The Bertz CT molecular complexity index is 384. The molecule has 2 nitrogen and oxygen atoms in total. The summed E-state index contributed by atoms with van der Waals surface area (Å²) >= 11 is 0. The van der Waals surface area contributed by atoms with Crippen LogP contribution in [0.5, 0.6) is 5.75 Å². The Morgan fingerprint density at radius 2 is 2.25 bits per heavy atom. The van der Waals surface area contributed by atoms with E-state index in [1.54, 1.807) is 12.1 Å². The third kappa shape index (κ3) is 1.92. The molecule has 3 heteroatoms. The molecule has 0 radical (unpaired) electrons. The number of alkyl halides is 1. The van der Waals surface area contributed by atoms with Gasteiger partial charge in [-0.25, -0.2) is 4.39 Å². The highest BCUT2D eigenvalue weighted by atomic mass is 19.1. The lowest BCUT2D eigenvalue weighted by atomic mass is 9.89. The molecule has 1 heterocycles. The first-order valence-electron chi connectivity index (χ1n) is 5.75. The second-order valence-corrected chi connectivity index (χ2v) is 4.75. The van der Waals surface area contributed by atoms with Crippen molar-refractivity contribution in [1.29, 1.82) is 0 Å². The Balaban J connectivity index is 2.39. The molecule has 0 saturated carbocycles. The molecule has 1 aliphatic heterocycles. The summed E-state index contributed by atoms with van der Waals surface area (Å²) in [5.74, 6) is 0.0420. The van der Waals surface area contributed by atoms with Crippen LogP contribution in [0.25, 0.3) is 0 Å². The first-order valence-corrected chi connectivity index (χ1v) is 5.75. The van der Waals surface area contributed by atoms with E-state index in [-0.39, 0.29) is 11.3 Å². The van der Waals surface area contributed by atoms with Gasteiger partial charge in [0, 0.05) is 11.1 Å². The Labute approximate surface area is 95.5 Å². The number of nitrogens with one attached hydrogen (secondary N) is 1. The van der Waals surface area contributed by atoms with Gasteiger partial charge in [-0.15, -0.1) is 0 Å². The van der Waals surface area contributed by atoms with Gasteiger partial charge in [0.05, 0.1) is 0 Å². The minimum atomic E-state index is -1.13. The number of hydrogen-bond acceptors (Lipinski definition) is 2. The van der Waals surface area contributed by atoms with Gasteiger partial charge >= 0.3 is 0 Å². The van der Waals surface area contributed by atoms with Crippen LogP contribution in [0, 0.1) is 0 Å². The molecule has 88 valence electrons. The van der Waals surface area contributed by atoms with Gasteiger partial charge in [-0.1, -0.05) is 6.07 Å². The first-order chi connectivity index (χ1) is 7.53. The summed E-state index contributed by atoms with van der Waals surface area (Å²) in [4.78, 5) is 0. The average Bonchev–Trinajstić information content (AvgIpc) is 2.66. The molecule has 0 amide bonds. The quantitative estimate of drug-likeness (QED) is 0.807. The molecule has 1 aromatic rings. The molecule has 1 fully saturated rings. The van der Waals surface area contributed by atoms with Crippen LogP contribution in [-0.4, -0.2) is 11.7 Å². The van der Waals surface area contributed by atoms with E-state index in [2.05, 4.69) is 12.2 Å². The number of aromatic hydroxyl groups is 1. The van der Waals surface area contributed by atoms with E-state index in [1.165, 1.54) is 6.92 Å². The zero-order valence-electron chi connectivity index (χ0n) is 9.76. The normalized spacial score (nSPS) is 26.9. The predicted molar refractivity (Wildman–Crippen MR) is 62.2 cm³/mol. The Morgan fingerprint density at radius 3 is 2.81 bits per heavy atom. The highest BCUT2D eigenvalue weighted by Crippen LogP contribution is 2.35. The molecule has 0 bridgehead atoms. The topological polar surface area (TPSA) is 32.3 Å². The Morgan fingerprint density at radius 1 is 1.50 bits per heavy atom. The first kappa shape index (κ1) is 11.4. The fraction of sp³-hybridized carbons (Fsp3) is 0.538. The highest BCUT2D eigenvalue weighted by Gasteiger charge is 2.30. The van der Waals surface area contributed by atoms with Crippen molar-refractivity contribution in [2.45, 2.75) is 38.4 Å². The fourth-order valence-electron chi connectivity index (χ4n) is 2.36. The van der Waals surface area contributed by atoms with Crippen LogP contribution in [0.4, 0.5) is 4.39 Å². The fourth-order valence-corrected chi connectivity index (χ4v) is 2.36. The lowest BCUT2D eigenvalue weighted by Crippen LogP contribution is -2.33. The van der Waals surface area contributed by atoms with Crippen LogP contribution in [0.3, 0.4) is 0 Å². The number of benzene rings is 1. The van der Waals surface area contributed by atoms with E-state index in [4.69, 9.17) is 0 Å². The van der Waals surface area contributed by atoms with Gasteiger partial charge in [0.1, 0.15) is 11.9 Å². The molecular weight excluding hydrogens is 205 g/mol. The van der Waals surface area contributed by atoms with Crippen molar-refractivity contribution in [1.82, 2.24) is 5.32 Å². The van der Waals surface area contributed by atoms with E-state index in [9.17, 15) is 9.50 Å². The summed E-state index contributed by atoms with van der Waals surface area (Å²) < 4.78 is 13.3. The summed E-state index contributed by atoms with van der Waals surface area (Å²) in [6.07, 6.45) is 1.06. The largest absolute Gasteiger partial charge is 0.508 e. The van der Waals surface area contributed by atoms with Gasteiger partial charge in [-0.2, -0.15) is 0 Å². The molecule has 2 unspecified atom stereocenters. The summed E-state index contributed by atoms with van der Waals surface area (Å²) in [6.45, 7) is 4.57. The lowest BCUT2D eigenvalue weighted by molar-refractivity contribution is 0.354. The third-order valence-corrected chi connectivity index (χ3v) is 3.46. The van der Waals surface area contributed by atoms with E-state index >= 15 is 0 Å². The summed E-state index contributed by atoms with van der Waals surface area (Å²) in [6, 6.07) is 5.24. The maximum absolute atomic E-state index is 13.3. The maximum atomic E-state index is 13.3. The van der Waals surface area contributed by atoms with Gasteiger partial charge in [0.15, 0.2) is 0 Å². The number of phenols is 1. The number of phenolic OH excluding ortho intramolecular Hbond substituents is 1. The highest BCUT2D eigenvalue weighted by molar-refractivity contribution is 5.40. The minimum absolute atomic E-state index is 0.0420. The summed E-state index contributed by atoms with van der Waals surface area (Å²) in [7, 11) is 0. The van der Waals surface area contributed by atoms with Crippen LogP contribution >= 0.6 is 0 Å². The average molecular weight is 223 g/mol. The van der Waals surface area contributed by atoms with Crippen LogP contribution in [0.2, 0.25) is 0 Å². The second-order valence-electron chi connectivity index (χ2n) is 4.75. The van der Waals surface area contributed by atoms with Crippen molar-refractivity contribution in [3.63, 3.8) is 0 Å².